The quantitative estimate of drug-likeness (QED) is 0.777. The average molecular weight is 353 g/mol. The Labute approximate surface area is 155 Å². The molecule has 1 amide bonds. The Kier molecular flexibility index (Phi) is 5.89. The Morgan fingerprint density at radius 3 is 2.73 bits per heavy atom. The van der Waals surface area contributed by atoms with E-state index in [1.165, 1.54) is 11.1 Å². The van der Waals surface area contributed by atoms with Crippen molar-refractivity contribution in [3.8, 4) is 0 Å². The minimum absolute atomic E-state index is 0.0506. The number of aryl methyl sites for hydroxylation is 2. The zero-order valence-electron chi connectivity index (χ0n) is 15.8. The van der Waals surface area contributed by atoms with Gasteiger partial charge in [0.2, 0.25) is 5.91 Å². The third-order valence-electron chi connectivity index (χ3n) is 5.15. The zero-order chi connectivity index (χ0) is 18.5. The van der Waals surface area contributed by atoms with E-state index in [9.17, 15) is 4.79 Å². The van der Waals surface area contributed by atoms with Gasteiger partial charge in [0.1, 0.15) is 0 Å². The third-order valence-corrected chi connectivity index (χ3v) is 5.15. The summed E-state index contributed by atoms with van der Waals surface area (Å²) in [6.45, 7) is 3.55. The molecule has 0 radical (unpaired) electrons. The van der Waals surface area contributed by atoms with E-state index in [1.807, 2.05) is 24.1 Å². The van der Waals surface area contributed by atoms with Gasteiger partial charge in [-0.1, -0.05) is 29.8 Å². The van der Waals surface area contributed by atoms with Crippen LogP contribution in [-0.2, 0) is 23.0 Å². The first-order valence-corrected chi connectivity index (χ1v) is 9.10. The molecule has 5 nitrogen and oxygen atoms in total. The van der Waals surface area contributed by atoms with Gasteiger partial charge in [0, 0.05) is 45.4 Å². The molecule has 1 aliphatic heterocycles. The molecule has 2 heterocycles. The van der Waals surface area contributed by atoms with E-state index in [4.69, 9.17) is 4.74 Å². The van der Waals surface area contributed by atoms with E-state index in [2.05, 4.69) is 36.3 Å². The number of nitrogens with zero attached hydrogens (tertiary/aromatic N) is 3. The number of aromatic nitrogens is 2. The molecule has 2 aromatic rings. The Balaban J connectivity index is 1.66. The van der Waals surface area contributed by atoms with Gasteiger partial charge in [-0.05, 0) is 37.5 Å². The number of piperidine rings is 1. The normalized spacial score (nSPS) is 20.7. The van der Waals surface area contributed by atoms with Gasteiger partial charge in [0.25, 0.3) is 0 Å². The van der Waals surface area contributed by atoms with Crippen LogP contribution >= 0.6 is 0 Å². The lowest BCUT2D eigenvalue weighted by Crippen LogP contribution is -2.46. The van der Waals surface area contributed by atoms with Gasteiger partial charge in [-0.25, -0.2) is 0 Å². The summed E-state index contributed by atoms with van der Waals surface area (Å²) in [4.78, 5) is 14.5. The molecule has 1 aromatic carbocycles. The van der Waals surface area contributed by atoms with Crippen LogP contribution in [0.25, 0.3) is 6.08 Å². The molecule has 0 bridgehead atoms. The van der Waals surface area contributed by atoms with Crippen LogP contribution in [0.2, 0.25) is 0 Å². The summed E-state index contributed by atoms with van der Waals surface area (Å²) in [6.07, 6.45) is 7.19. The number of carbonyl (C=O) groups is 1. The second-order valence-corrected chi connectivity index (χ2v) is 7.01. The highest BCUT2D eigenvalue weighted by atomic mass is 16.5. The van der Waals surface area contributed by atoms with E-state index in [-0.39, 0.29) is 12.0 Å². The number of hydrogen-bond donors (Lipinski definition) is 0. The van der Waals surface area contributed by atoms with Crippen LogP contribution in [0.4, 0.5) is 0 Å². The lowest BCUT2D eigenvalue weighted by molar-refractivity contribution is -0.130. The number of amides is 1. The number of hydrogen-bond acceptors (Lipinski definition) is 3. The van der Waals surface area contributed by atoms with Gasteiger partial charge in [-0.2, -0.15) is 5.10 Å². The molecule has 1 saturated heterocycles. The number of carbonyl (C=O) groups excluding carboxylic acids is 1. The molecule has 1 fully saturated rings. The molecule has 5 heteroatoms. The minimum Gasteiger partial charge on any atom is -0.381 e. The van der Waals surface area contributed by atoms with Crippen LogP contribution in [0.15, 0.2) is 42.6 Å². The van der Waals surface area contributed by atoms with E-state index >= 15 is 0 Å². The van der Waals surface area contributed by atoms with Gasteiger partial charge in [-0.15, -0.1) is 0 Å². The zero-order valence-corrected chi connectivity index (χ0v) is 15.8. The number of ether oxygens (including phenoxy) is 1. The molecule has 1 aliphatic rings. The summed E-state index contributed by atoms with van der Waals surface area (Å²) in [5, 5.41) is 4.12. The fraction of sp³-hybridized carbons (Fsp3) is 0.429. The number of methoxy groups -OCH3 is 1. The van der Waals surface area contributed by atoms with Crippen molar-refractivity contribution in [3.63, 3.8) is 0 Å². The molecule has 0 saturated carbocycles. The molecule has 0 N–H and O–H groups in total. The van der Waals surface area contributed by atoms with Gasteiger partial charge < -0.3 is 9.64 Å². The van der Waals surface area contributed by atoms with Crippen LogP contribution in [0.3, 0.4) is 0 Å². The number of benzene rings is 1. The minimum atomic E-state index is 0.0506. The first kappa shape index (κ1) is 18.4. The summed E-state index contributed by atoms with van der Waals surface area (Å²) in [7, 11) is 3.64. The van der Waals surface area contributed by atoms with Crippen LogP contribution in [0.1, 0.15) is 23.2 Å². The maximum Gasteiger partial charge on any atom is 0.246 e. The Bertz CT molecular complexity index is 764. The predicted octanol–water partition coefficient (Wildman–Crippen LogP) is 2.85. The summed E-state index contributed by atoms with van der Waals surface area (Å²) in [5.41, 5.74) is 3.47. The first-order chi connectivity index (χ1) is 12.6. The molecule has 0 spiro atoms. The first-order valence-electron chi connectivity index (χ1n) is 9.10. The monoisotopic (exact) mass is 353 g/mol. The maximum absolute atomic E-state index is 12.6. The highest BCUT2D eigenvalue weighted by Gasteiger charge is 2.30. The van der Waals surface area contributed by atoms with E-state index in [0.717, 1.165) is 31.6 Å². The van der Waals surface area contributed by atoms with Crippen LogP contribution in [0, 0.1) is 12.8 Å². The predicted molar refractivity (Wildman–Crippen MR) is 103 cm³/mol. The van der Waals surface area contributed by atoms with Crippen LogP contribution < -0.4 is 0 Å². The Morgan fingerprint density at radius 2 is 2.08 bits per heavy atom. The molecule has 1 aromatic heterocycles. The highest BCUT2D eigenvalue weighted by molar-refractivity contribution is 5.91. The van der Waals surface area contributed by atoms with Gasteiger partial charge in [0.05, 0.1) is 11.8 Å². The largest absolute Gasteiger partial charge is 0.381 e. The highest BCUT2D eigenvalue weighted by Crippen LogP contribution is 2.24. The van der Waals surface area contributed by atoms with Crippen molar-refractivity contribution >= 4 is 12.0 Å². The Hall–Kier alpha value is -2.40. The molecule has 2 atom stereocenters. The van der Waals surface area contributed by atoms with E-state index in [0.29, 0.717) is 5.92 Å². The molecule has 0 aliphatic carbocycles. The van der Waals surface area contributed by atoms with Crippen LogP contribution in [0.5, 0.6) is 0 Å². The molecular formula is C21H27N3O2. The van der Waals surface area contributed by atoms with Crippen molar-refractivity contribution in [2.24, 2.45) is 13.0 Å². The van der Waals surface area contributed by atoms with Crippen molar-refractivity contribution in [3.05, 3.63) is 59.4 Å². The molecule has 138 valence electrons. The van der Waals surface area contributed by atoms with E-state index in [1.54, 1.807) is 24.1 Å². The lowest BCUT2D eigenvalue weighted by Gasteiger charge is -2.37. The summed E-state index contributed by atoms with van der Waals surface area (Å²) < 4.78 is 7.45. The van der Waals surface area contributed by atoms with Gasteiger partial charge >= 0.3 is 0 Å². The van der Waals surface area contributed by atoms with Gasteiger partial charge in [-0.3, -0.25) is 9.48 Å². The number of likely N-dealkylation sites (tertiary alicyclic amines) is 1. The molecular weight excluding hydrogens is 326 g/mol. The second-order valence-electron chi connectivity index (χ2n) is 7.01. The average Bonchev–Trinajstić information content (AvgIpc) is 3.06. The maximum atomic E-state index is 12.6. The van der Waals surface area contributed by atoms with Crippen molar-refractivity contribution in [1.29, 1.82) is 0 Å². The number of rotatable bonds is 5. The fourth-order valence-electron chi connectivity index (χ4n) is 3.55. The topological polar surface area (TPSA) is 47.4 Å². The van der Waals surface area contributed by atoms with Crippen LogP contribution in [-0.4, -0.2) is 46.9 Å². The third kappa shape index (κ3) is 4.41. The van der Waals surface area contributed by atoms with Crippen molar-refractivity contribution in [2.75, 3.05) is 20.2 Å². The van der Waals surface area contributed by atoms with E-state index < -0.39 is 0 Å². The fourth-order valence-corrected chi connectivity index (χ4v) is 3.55. The summed E-state index contributed by atoms with van der Waals surface area (Å²) in [5.74, 6) is 0.361. The SMILES string of the molecule is CO[C@@H]1CCN(C(=O)/C=C/c2ccnn2C)C[C@H]1Cc1ccc(C)cc1. The second kappa shape index (κ2) is 8.32. The Morgan fingerprint density at radius 1 is 1.31 bits per heavy atom. The smallest absolute Gasteiger partial charge is 0.246 e. The standard InChI is InChI=1S/C21H27N3O2/c1-16-4-6-17(7-5-16)14-18-15-24(13-11-20(18)26-3)21(25)9-8-19-10-12-22-23(19)2/h4-10,12,18,20H,11,13-15H2,1-3H3/b9-8+/t18-,20-/m1/s1. The lowest BCUT2D eigenvalue weighted by atomic mass is 9.88. The molecule has 0 unspecified atom stereocenters. The van der Waals surface area contributed by atoms with Crippen molar-refractivity contribution in [1.82, 2.24) is 14.7 Å². The summed E-state index contributed by atoms with van der Waals surface area (Å²) >= 11 is 0. The van der Waals surface area contributed by atoms with Gasteiger partial charge in [0.15, 0.2) is 0 Å². The molecule has 26 heavy (non-hydrogen) atoms. The van der Waals surface area contributed by atoms with Crippen molar-refractivity contribution in [2.45, 2.75) is 25.9 Å². The molecule has 3 rings (SSSR count). The van der Waals surface area contributed by atoms with Crippen molar-refractivity contribution < 1.29 is 9.53 Å². The summed E-state index contributed by atoms with van der Waals surface area (Å²) in [6, 6.07) is 10.5.